The van der Waals surface area contributed by atoms with Gasteiger partial charge in [0.15, 0.2) is 0 Å². The summed E-state index contributed by atoms with van der Waals surface area (Å²) in [6.07, 6.45) is 1.67. The molecule has 0 amide bonds. The largest absolute Gasteiger partial charge is 0.434 e. The number of aryl methyl sites for hydroxylation is 1. The zero-order valence-corrected chi connectivity index (χ0v) is 12.1. The number of hydrogen-bond donors (Lipinski definition) is 1. The van der Waals surface area contributed by atoms with Crippen LogP contribution in [-0.4, -0.2) is 16.6 Å². The van der Waals surface area contributed by atoms with Crippen molar-refractivity contribution in [3.8, 4) is 5.75 Å². The Morgan fingerprint density at radius 2 is 2.10 bits per heavy atom. The van der Waals surface area contributed by atoms with Gasteiger partial charge in [-0.25, -0.2) is 9.97 Å². The van der Waals surface area contributed by atoms with Gasteiger partial charge in [-0.05, 0) is 31.2 Å². The molecule has 4 nitrogen and oxygen atoms in total. The van der Waals surface area contributed by atoms with Crippen molar-refractivity contribution >= 4 is 11.6 Å². The van der Waals surface area contributed by atoms with Crippen molar-refractivity contribution in [2.75, 3.05) is 0 Å². The van der Waals surface area contributed by atoms with E-state index in [-0.39, 0.29) is 5.75 Å². The summed E-state index contributed by atoms with van der Waals surface area (Å²) in [6.45, 7) is -0.237. The maximum Gasteiger partial charge on any atom is 0.387 e. The predicted octanol–water partition coefficient (Wildman–Crippen LogP) is 3.33. The second kappa shape index (κ2) is 7.28. The molecule has 7 heteroatoms. The lowest BCUT2D eigenvalue weighted by Crippen LogP contribution is -2.15. The van der Waals surface area contributed by atoms with Gasteiger partial charge in [0.1, 0.15) is 11.6 Å². The van der Waals surface area contributed by atoms with E-state index in [4.69, 9.17) is 11.6 Å². The maximum atomic E-state index is 12.3. The number of rotatable bonds is 6. The quantitative estimate of drug-likeness (QED) is 0.888. The van der Waals surface area contributed by atoms with Crippen LogP contribution in [0.5, 0.6) is 5.75 Å². The van der Waals surface area contributed by atoms with E-state index in [1.165, 1.54) is 12.1 Å². The predicted molar refractivity (Wildman–Crippen MR) is 75.4 cm³/mol. The molecule has 0 aliphatic carbocycles. The molecule has 0 bridgehead atoms. The van der Waals surface area contributed by atoms with Crippen molar-refractivity contribution in [3.05, 3.63) is 52.6 Å². The Morgan fingerprint density at radius 1 is 1.29 bits per heavy atom. The minimum Gasteiger partial charge on any atom is -0.434 e. The third-order valence-electron chi connectivity index (χ3n) is 2.69. The third-order valence-corrected chi connectivity index (χ3v) is 2.93. The summed E-state index contributed by atoms with van der Waals surface area (Å²) in [5, 5.41) is 3.58. The van der Waals surface area contributed by atoms with Crippen LogP contribution in [0.25, 0.3) is 0 Å². The summed E-state index contributed by atoms with van der Waals surface area (Å²) >= 11 is 5.88. The molecule has 0 unspecified atom stereocenters. The smallest absolute Gasteiger partial charge is 0.387 e. The van der Waals surface area contributed by atoms with Gasteiger partial charge in [-0.3, -0.25) is 0 Å². The SMILES string of the molecule is Cc1nccc(CNCc2cc(Cl)ccc2OC(F)F)n1. The van der Waals surface area contributed by atoms with Gasteiger partial charge in [0.25, 0.3) is 0 Å². The number of ether oxygens (including phenoxy) is 1. The monoisotopic (exact) mass is 313 g/mol. The molecule has 1 aromatic carbocycles. The van der Waals surface area contributed by atoms with E-state index in [9.17, 15) is 8.78 Å². The Balaban J connectivity index is 2.00. The zero-order valence-electron chi connectivity index (χ0n) is 11.3. The van der Waals surface area contributed by atoms with Crippen LogP contribution in [0.1, 0.15) is 17.1 Å². The van der Waals surface area contributed by atoms with Gasteiger partial charge < -0.3 is 10.1 Å². The van der Waals surface area contributed by atoms with Gasteiger partial charge in [0.05, 0.1) is 5.69 Å². The lowest BCUT2D eigenvalue weighted by molar-refractivity contribution is -0.0505. The Morgan fingerprint density at radius 3 is 2.81 bits per heavy atom. The molecule has 0 radical (unpaired) electrons. The molecular weight excluding hydrogens is 300 g/mol. The van der Waals surface area contributed by atoms with Crippen LogP contribution in [0, 0.1) is 6.92 Å². The topological polar surface area (TPSA) is 47.0 Å². The van der Waals surface area contributed by atoms with Gasteiger partial charge in [0.2, 0.25) is 0 Å². The molecule has 1 aromatic heterocycles. The molecule has 0 spiro atoms. The van der Waals surface area contributed by atoms with Gasteiger partial charge in [-0.1, -0.05) is 11.6 Å². The molecule has 112 valence electrons. The molecule has 1 N–H and O–H groups in total. The fourth-order valence-corrected chi connectivity index (χ4v) is 2.02. The highest BCUT2D eigenvalue weighted by Gasteiger charge is 2.10. The highest BCUT2D eigenvalue weighted by atomic mass is 35.5. The van der Waals surface area contributed by atoms with Gasteiger partial charge in [-0.15, -0.1) is 0 Å². The van der Waals surface area contributed by atoms with Crippen LogP contribution in [0.15, 0.2) is 30.5 Å². The van der Waals surface area contributed by atoms with E-state index in [0.717, 1.165) is 5.69 Å². The highest BCUT2D eigenvalue weighted by Crippen LogP contribution is 2.24. The van der Waals surface area contributed by atoms with Crippen LogP contribution in [0.3, 0.4) is 0 Å². The van der Waals surface area contributed by atoms with Gasteiger partial charge in [0, 0.05) is 29.9 Å². The molecule has 0 atom stereocenters. The van der Waals surface area contributed by atoms with Gasteiger partial charge in [-0.2, -0.15) is 8.78 Å². The fraction of sp³-hybridized carbons (Fsp3) is 0.286. The Labute approximate surface area is 126 Å². The van der Waals surface area contributed by atoms with Crippen LogP contribution in [-0.2, 0) is 13.1 Å². The van der Waals surface area contributed by atoms with Crippen molar-refractivity contribution in [1.82, 2.24) is 15.3 Å². The lowest BCUT2D eigenvalue weighted by atomic mass is 10.2. The van der Waals surface area contributed by atoms with E-state index in [2.05, 4.69) is 20.0 Å². The molecule has 21 heavy (non-hydrogen) atoms. The normalized spacial score (nSPS) is 10.9. The van der Waals surface area contributed by atoms with Crippen LogP contribution in [0.2, 0.25) is 5.02 Å². The number of hydrogen-bond acceptors (Lipinski definition) is 4. The first kappa shape index (κ1) is 15.6. The van der Waals surface area contributed by atoms with Crippen LogP contribution in [0.4, 0.5) is 8.78 Å². The summed E-state index contributed by atoms with van der Waals surface area (Å²) in [4.78, 5) is 8.25. The minimum atomic E-state index is -2.87. The van der Waals surface area contributed by atoms with Crippen LogP contribution >= 0.6 is 11.6 Å². The van der Waals surface area contributed by atoms with Crippen LogP contribution < -0.4 is 10.1 Å². The van der Waals surface area contributed by atoms with Crippen molar-refractivity contribution in [3.63, 3.8) is 0 Å². The average molecular weight is 314 g/mol. The Hall–Kier alpha value is -1.79. The summed E-state index contributed by atoms with van der Waals surface area (Å²) < 4.78 is 29.1. The molecule has 0 aliphatic rings. The van der Waals surface area contributed by atoms with Crippen molar-refractivity contribution in [1.29, 1.82) is 0 Å². The van der Waals surface area contributed by atoms with Gasteiger partial charge >= 0.3 is 6.61 Å². The summed E-state index contributed by atoms with van der Waals surface area (Å²) in [5.74, 6) is 0.791. The molecule has 2 aromatic rings. The van der Waals surface area contributed by atoms with E-state index in [1.807, 2.05) is 0 Å². The number of benzene rings is 1. The average Bonchev–Trinajstić information content (AvgIpc) is 2.41. The number of nitrogens with one attached hydrogen (secondary N) is 1. The first-order valence-electron chi connectivity index (χ1n) is 6.27. The number of halogens is 3. The molecule has 0 aliphatic heterocycles. The number of alkyl halides is 2. The molecule has 0 saturated heterocycles. The molecule has 2 rings (SSSR count). The lowest BCUT2D eigenvalue weighted by Gasteiger charge is -2.12. The first-order chi connectivity index (χ1) is 10.0. The van der Waals surface area contributed by atoms with Crippen molar-refractivity contribution in [2.45, 2.75) is 26.6 Å². The van der Waals surface area contributed by atoms with E-state index >= 15 is 0 Å². The van der Waals surface area contributed by atoms with E-state index in [1.54, 1.807) is 25.3 Å². The summed E-state index contributed by atoms with van der Waals surface area (Å²) in [5.41, 5.74) is 1.38. The summed E-state index contributed by atoms with van der Waals surface area (Å²) in [6, 6.07) is 6.32. The second-order valence-electron chi connectivity index (χ2n) is 4.33. The number of nitrogens with zero attached hydrogens (tertiary/aromatic N) is 2. The Bertz CT molecular complexity index is 611. The Kier molecular flexibility index (Phi) is 5.41. The van der Waals surface area contributed by atoms with E-state index in [0.29, 0.717) is 29.5 Å². The zero-order chi connectivity index (χ0) is 15.2. The molecule has 0 fully saturated rings. The maximum absolute atomic E-state index is 12.3. The second-order valence-corrected chi connectivity index (χ2v) is 4.77. The minimum absolute atomic E-state index is 0.112. The number of aromatic nitrogens is 2. The molecule has 1 heterocycles. The fourth-order valence-electron chi connectivity index (χ4n) is 1.83. The highest BCUT2D eigenvalue weighted by molar-refractivity contribution is 6.30. The van der Waals surface area contributed by atoms with Crippen molar-refractivity contribution in [2.24, 2.45) is 0 Å². The van der Waals surface area contributed by atoms with Crippen molar-refractivity contribution < 1.29 is 13.5 Å². The molecule has 0 saturated carbocycles. The molecular formula is C14H14ClF2N3O. The first-order valence-corrected chi connectivity index (χ1v) is 6.65. The van der Waals surface area contributed by atoms with E-state index < -0.39 is 6.61 Å². The third kappa shape index (κ3) is 4.91. The summed E-state index contributed by atoms with van der Waals surface area (Å²) in [7, 11) is 0. The standard InChI is InChI=1S/C14H14ClF2N3O/c1-9-19-5-4-12(20-9)8-18-7-10-6-11(15)2-3-13(10)21-14(16)17/h2-6,14,18H,7-8H2,1H3.